The Balaban J connectivity index is 2.09. The van der Waals surface area contributed by atoms with Crippen LogP contribution in [0, 0.1) is 5.41 Å². The number of anilines is 1. The van der Waals surface area contributed by atoms with Crippen LogP contribution in [-0.4, -0.2) is 49.6 Å². The predicted octanol–water partition coefficient (Wildman–Crippen LogP) is 2.56. The van der Waals surface area contributed by atoms with Gasteiger partial charge in [0.25, 0.3) is 0 Å². The van der Waals surface area contributed by atoms with Crippen LogP contribution >= 0.6 is 0 Å². The van der Waals surface area contributed by atoms with E-state index in [1.165, 1.54) is 0 Å². The van der Waals surface area contributed by atoms with Crippen molar-refractivity contribution < 1.29 is 14.3 Å². The summed E-state index contributed by atoms with van der Waals surface area (Å²) in [6, 6.07) is 7.49. The van der Waals surface area contributed by atoms with E-state index in [9.17, 15) is 9.59 Å². The van der Waals surface area contributed by atoms with Crippen molar-refractivity contribution in [1.82, 2.24) is 4.90 Å². The molecule has 1 saturated heterocycles. The molecule has 1 amide bonds. The first-order valence-corrected chi connectivity index (χ1v) is 8.15. The van der Waals surface area contributed by atoms with Gasteiger partial charge in [0.1, 0.15) is 0 Å². The largest absolute Gasteiger partial charge is 0.462 e. The first-order chi connectivity index (χ1) is 10.8. The number of nitrogens with zero attached hydrogens (tertiary/aromatic N) is 2. The molecule has 0 saturated carbocycles. The summed E-state index contributed by atoms with van der Waals surface area (Å²) >= 11 is 0. The molecule has 0 aliphatic carbocycles. The quantitative estimate of drug-likeness (QED) is 0.804. The average Bonchev–Trinajstić information content (AvgIpc) is 2.54. The van der Waals surface area contributed by atoms with Gasteiger partial charge in [0.2, 0.25) is 5.91 Å². The van der Waals surface area contributed by atoms with Crippen molar-refractivity contribution in [2.45, 2.75) is 27.7 Å². The van der Waals surface area contributed by atoms with E-state index in [1.54, 1.807) is 13.0 Å². The maximum atomic E-state index is 12.4. The van der Waals surface area contributed by atoms with Crippen molar-refractivity contribution in [2.24, 2.45) is 5.41 Å². The maximum absolute atomic E-state index is 12.4. The number of rotatable bonds is 3. The summed E-state index contributed by atoms with van der Waals surface area (Å²) in [5.41, 5.74) is 1.11. The van der Waals surface area contributed by atoms with E-state index >= 15 is 0 Å². The topological polar surface area (TPSA) is 49.9 Å². The molecule has 126 valence electrons. The third kappa shape index (κ3) is 4.03. The summed E-state index contributed by atoms with van der Waals surface area (Å²) in [6.45, 7) is 10.8. The lowest BCUT2D eigenvalue weighted by Gasteiger charge is -2.39. The van der Waals surface area contributed by atoms with Gasteiger partial charge in [-0.15, -0.1) is 0 Å². The zero-order chi connectivity index (χ0) is 17.0. The number of carbonyl (C=O) groups is 2. The third-order valence-electron chi connectivity index (χ3n) is 3.95. The van der Waals surface area contributed by atoms with Crippen molar-refractivity contribution in [3.63, 3.8) is 0 Å². The molecule has 0 unspecified atom stereocenters. The zero-order valence-corrected chi connectivity index (χ0v) is 14.5. The molecule has 5 heteroatoms. The van der Waals surface area contributed by atoms with Gasteiger partial charge in [-0.3, -0.25) is 4.79 Å². The summed E-state index contributed by atoms with van der Waals surface area (Å²) in [5, 5.41) is 0. The van der Waals surface area contributed by atoms with E-state index in [2.05, 4.69) is 4.90 Å². The number of para-hydroxylation sites is 1. The van der Waals surface area contributed by atoms with E-state index < -0.39 is 0 Å². The number of benzene rings is 1. The molecule has 5 nitrogen and oxygen atoms in total. The molecule has 1 aliphatic heterocycles. The van der Waals surface area contributed by atoms with Gasteiger partial charge in [0.15, 0.2) is 0 Å². The lowest BCUT2D eigenvalue weighted by atomic mass is 9.94. The van der Waals surface area contributed by atoms with Crippen LogP contribution in [0.1, 0.15) is 38.1 Å². The molecule has 0 bridgehead atoms. The maximum Gasteiger partial charge on any atom is 0.340 e. The highest BCUT2D eigenvalue weighted by molar-refractivity contribution is 5.96. The standard InChI is InChI=1S/C18H26N2O3/c1-5-23-16(21)14-8-6-7-9-15(14)19-10-12-20(13-11-19)17(22)18(2,3)4/h6-9H,5,10-13H2,1-4H3. The Labute approximate surface area is 138 Å². The molecular weight excluding hydrogens is 292 g/mol. The monoisotopic (exact) mass is 318 g/mol. The molecule has 0 spiro atoms. The van der Waals surface area contributed by atoms with E-state index in [-0.39, 0.29) is 17.3 Å². The van der Waals surface area contributed by atoms with Gasteiger partial charge >= 0.3 is 5.97 Å². The Kier molecular flexibility index (Phi) is 5.29. The second-order valence-electron chi connectivity index (χ2n) is 6.77. The first-order valence-electron chi connectivity index (χ1n) is 8.15. The zero-order valence-electron chi connectivity index (χ0n) is 14.5. The molecule has 23 heavy (non-hydrogen) atoms. The minimum Gasteiger partial charge on any atom is -0.462 e. The fourth-order valence-electron chi connectivity index (χ4n) is 2.76. The Morgan fingerprint density at radius 2 is 1.70 bits per heavy atom. The van der Waals surface area contributed by atoms with E-state index in [4.69, 9.17) is 4.74 Å². The average molecular weight is 318 g/mol. The predicted molar refractivity (Wildman–Crippen MR) is 90.6 cm³/mol. The van der Waals surface area contributed by atoms with Crippen LogP contribution in [0.15, 0.2) is 24.3 Å². The molecule has 1 aromatic rings. The molecule has 1 fully saturated rings. The van der Waals surface area contributed by atoms with Crippen molar-refractivity contribution in [1.29, 1.82) is 0 Å². The molecule has 1 aliphatic rings. The van der Waals surface area contributed by atoms with Gasteiger partial charge in [-0.1, -0.05) is 32.9 Å². The lowest BCUT2D eigenvalue weighted by Crippen LogP contribution is -2.52. The summed E-state index contributed by atoms with van der Waals surface area (Å²) in [7, 11) is 0. The molecule has 0 aromatic heterocycles. The number of esters is 1. The Hall–Kier alpha value is -2.04. The summed E-state index contributed by atoms with van der Waals surface area (Å²) in [4.78, 5) is 28.5. The van der Waals surface area contributed by atoms with Gasteiger partial charge < -0.3 is 14.5 Å². The number of amides is 1. The highest BCUT2D eigenvalue weighted by Gasteiger charge is 2.30. The molecule has 0 atom stereocenters. The van der Waals surface area contributed by atoms with Crippen LogP contribution in [0.5, 0.6) is 0 Å². The molecular formula is C18H26N2O3. The fourth-order valence-corrected chi connectivity index (χ4v) is 2.76. The van der Waals surface area contributed by atoms with Gasteiger partial charge in [0.05, 0.1) is 17.9 Å². The highest BCUT2D eigenvalue weighted by atomic mass is 16.5. The first kappa shape index (κ1) is 17.3. The minimum atomic E-state index is -0.356. The van der Waals surface area contributed by atoms with E-state index in [0.29, 0.717) is 25.3 Å². The second-order valence-corrected chi connectivity index (χ2v) is 6.77. The van der Waals surface area contributed by atoms with Gasteiger partial charge in [-0.05, 0) is 19.1 Å². The van der Waals surface area contributed by atoms with E-state index in [0.717, 1.165) is 18.8 Å². The molecule has 0 radical (unpaired) electrons. The van der Waals surface area contributed by atoms with Crippen LogP contribution in [0.3, 0.4) is 0 Å². The van der Waals surface area contributed by atoms with Crippen LogP contribution in [0.4, 0.5) is 5.69 Å². The van der Waals surface area contributed by atoms with Crippen LogP contribution in [0.25, 0.3) is 0 Å². The van der Waals surface area contributed by atoms with Gasteiger partial charge in [-0.25, -0.2) is 4.79 Å². The normalized spacial score (nSPS) is 15.5. The number of hydrogen-bond donors (Lipinski definition) is 0. The van der Waals surface area contributed by atoms with Gasteiger partial charge in [-0.2, -0.15) is 0 Å². The van der Waals surface area contributed by atoms with Crippen LogP contribution < -0.4 is 4.90 Å². The summed E-state index contributed by atoms with van der Waals surface area (Å²) in [5.74, 6) is -0.118. The smallest absolute Gasteiger partial charge is 0.340 e. The van der Waals surface area contributed by atoms with Gasteiger partial charge in [0, 0.05) is 31.6 Å². The summed E-state index contributed by atoms with van der Waals surface area (Å²) in [6.07, 6.45) is 0. The fraction of sp³-hybridized carbons (Fsp3) is 0.556. The SMILES string of the molecule is CCOC(=O)c1ccccc1N1CCN(C(=O)C(C)(C)C)CC1. The highest BCUT2D eigenvalue weighted by Crippen LogP contribution is 2.24. The number of ether oxygens (including phenoxy) is 1. The van der Waals surface area contributed by atoms with Crippen molar-refractivity contribution in [3.05, 3.63) is 29.8 Å². The van der Waals surface area contributed by atoms with Crippen molar-refractivity contribution >= 4 is 17.6 Å². The van der Waals surface area contributed by atoms with Crippen molar-refractivity contribution in [3.8, 4) is 0 Å². The third-order valence-corrected chi connectivity index (χ3v) is 3.95. The molecule has 1 aromatic carbocycles. The Morgan fingerprint density at radius 1 is 1.09 bits per heavy atom. The van der Waals surface area contributed by atoms with E-state index in [1.807, 2.05) is 43.9 Å². The minimum absolute atomic E-state index is 0.177. The second kappa shape index (κ2) is 7.02. The Bertz CT molecular complexity index is 570. The lowest BCUT2D eigenvalue weighted by molar-refractivity contribution is -0.139. The molecule has 1 heterocycles. The van der Waals surface area contributed by atoms with Crippen LogP contribution in [-0.2, 0) is 9.53 Å². The van der Waals surface area contributed by atoms with Crippen molar-refractivity contribution in [2.75, 3.05) is 37.7 Å². The number of piperazine rings is 1. The molecule has 2 rings (SSSR count). The van der Waals surface area contributed by atoms with Crippen LogP contribution in [0.2, 0.25) is 0 Å². The number of hydrogen-bond acceptors (Lipinski definition) is 4. The summed E-state index contributed by atoms with van der Waals surface area (Å²) < 4.78 is 5.13. The molecule has 0 N–H and O–H groups in total. The number of carbonyl (C=O) groups excluding carboxylic acids is 2. The Morgan fingerprint density at radius 3 is 2.26 bits per heavy atom.